The number of aryl methyl sites for hydroxylation is 1. The first kappa shape index (κ1) is 19.0. The highest BCUT2D eigenvalue weighted by atomic mass is 32.1. The van der Waals surface area contributed by atoms with Gasteiger partial charge in [-0.2, -0.15) is 0 Å². The third kappa shape index (κ3) is 4.33. The number of nitrogens with one attached hydrogen (secondary N) is 1. The minimum Gasteiger partial charge on any atom is -0.481 e. The minimum atomic E-state index is -0.925. The largest absolute Gasteiger partial charge is 0.481 e. The summed E-state index contributed by atoms with van der Waals surface area (Å²) in [6.07, 6.45) is 1.38. The number of nitrogens with zero attached hydrogens (tertiary/aromatic N) is 1. The van der Waals surface area contributed by atoms with E-state index < -0.39 is 17.7 Å². The fraction of sp³-hybridized carbons (Fsp3) is 0.316. The molecule has 1 aromatic carbocycles. The molecule has 1 saturated heterocycles. The molecule has 1 aliphatic heterocycles. The van der Waals surface area contributed by atoms with Gasteiger partial charge in [0.05, 0.1) is 16.3 Å². The number of carbonyl (C=O) groups is 3. The molecule has 2 aromatic rings. The predicted molar refractivity (Wildman–Crippen MR) is 99.7 cm³/mol. The smallest absolute Gasteiger partial charge is 0.305 e. The number of benzene rings is 1. The van der Waals surface area contributed by atoms with Crippen molar-refractivity contribution in [2.75, 3.05) is 11.9 Å². The molecule has 0 aliphatic carbocycles. The highest BCUT2D eigenvalue weighted by molar-refractivity contribution is 7.18. The van der Waals surface area contributed by atoms with Gasteiger partial charge in [0.25, 0.3) is 11.8 Å². The second-order valence-corrected chi connectivity index (χ2v) is 7.53. The molecule has 1 unspecified atom stereocenters. The van der Waals surface area contributed by atoms with Crippen molar-refractivity contribution < 1.29 is 23.9 Å². The second kappa shape index (κ2) is 7.87. The molecule has 1 aromatic heterocycles. The van der Waals surface area contributed by atoms with Gasteiger partial charge in [0, 0.05) is 18.2 Å². The Morgan fingerprint density at radius 2 is 2.11 bits per heavy atom. The monoisotopic (exact) mass is 390 g/mol. The van der Waals surface area contributed by atoms with E-state index in [-0.39, 0.29) is 23.9 Å². The van der Waals surface area contributed by atoms with Gasteiger partial charge in [-0.3, -0.25) is 14.4 Å². The van der Waals surface area contributed by atoms with Crippen LogP contribution in [-0.2, 0) is 4.79 Å². The van der Waals surface area contributed by atoms with Crippen molar-refractivity contribution in [3.8, 4) is 0 Å². The van der Waals surface area contributed by atoms with Gasteiger partial charge in [-0.05, 0) is 49.6 Å². The summed E-state index contributed by atoms with van der Waals surface area (Å²) in [5.74, 6) is -2.10. The minimum absolute atomic E-state index is 0.0701. The highest BCUT2D eigenvalue weighted by Crippen LogP contribution is 2.31. The van der Waals surface area contributed by atoms with E-state index in [2.05, 4.69) is 5.32 Å². The maximum Gasteiger partial charge on any atom is 0.305 e. The summed E-state index contributed by atoms with van der Waals surface area (Å²) in [5, 5.41) is 12.2. The van der Waals surface area contributed by atoms with E-state index in [4.69, 9.17) is 5.11 Å². The first-order valence-corrected chi connectivity index (χ1v) is 9.37. The summed E-state index contributed by atoms with van der Waals surface area (Å²) in [6.45, 7) is 2.29. The van der Waals surface area contributed by atoms with Crippen molar-refractivity contribution in [3.05, 3.63) is 52.2 Å². The number of carboxylic acids is 1. The van der Waals surface area contributed by atoms with Gasteiger partial charge in [-0.15, -0.1) is 11.3 Å². The zero-order valence-electron chi connectivity index (χ0n) is 14.7. The summed E-state index contributed by atoms with van der Waals surface area (Å²) in [6, 6.07) is 6.74. The molecule has 8 heteroatoms. The van der Waals surface area contributed by atoms with E-state index in [1.165, 1.54) is 18.2 Å². The lowest BCUT2D eigenvalue weighted by molar-refractivity contribution is -0.137. The van der Waals surface area contributed by atoms with Crippen LogP contribution in [0, 0.1) is 12.7 Å². The van der Waals surface area contributed by atoms with Gasteiger partial charge in [-0.25, -0.2) is 4.39 Å². The third-order valence-corrected chi connectivity index (χ3v) is 5.62. The summed E-state index contributed by atoms with van der Waals surface area (Å²) in [5.41, 5.74) is 0.899. The predicted octanol–water partition coefficient (Wildman–Crippen LogP) is 3.53. The number of halogens is 1. The molecule has 142 valence electrons. The van der Waals surface area contributed by atoms with Crippen LogP contribution in [0.5, 0.6) is 0 Å². The number of likely N-dealkylation sites (tertiary alicyclic amines) is 1. The number of amides is 2. The van der Waals surface area contributed by atoms with Gasteiger partial charge in [-0.1, -0.05) is 6.07 Å². The molecule has 6 nitrogen and oxygen atoms in total. The van der Waals surface area contributed by atoms with Crippen LogP contribution in [0.25, 0.3) is 0 Å². The number of hydrogen-bond donors (Lipinski definition) is 2. The first-order valence-electron chi connectivity index (χ1n) is 8.55. The average Bonchev–Trinajstić information content (AvgIpc) is 3.20. The molecular formula is C19H19FN2O4S. The van der Waals surface area contributed by atoms with E-state index in [0.29, 0.717) is 28.4 Å². The lowest BCUT2D eigenvalue weighted by atomic mass is 10.1. The maximum atomic E-state index is 13.3. The van der Waals surface area contributed by atoms with E-state index in [1.54, 1.807) is 17.9 Å². The van der Waals surface area contributed by atoms with Crippen molar-refractivity contribution in [2.24, 2.45) is 0 Å². The molecule has 0 spiro atoms. The van der Waals surface area contributed by atoms with Crippen LogP contribution in [0.1, 0.15) is 44.9 Å². The van der Waals surface area contributed by atoms with Crippen LogP contribution in [0.4, 0.5) is 9.39 Å². The van der Waals surface area contributed by atoms with Crippen molar-refractivity contribution >= 4 is 34.1 Å². The molecule has 2 N–H and O–H groups in total. The Morgan fingerprint density at radius 3 is 2.81 bits per heavy atom. The van der Waals surface area contributed by atoms with Crippen LogP contribution < -0.4 is 5.32 Å². The van der Waals surface area contributed by atoms with E-state index in [0.717, 1.165) is 23.8 Å². The lowest BCUT2D eigenvalue weighted by Crippen LogP contribution is -2.36. The second-order valence-electron chi connectivity index (χ2n) is 6.48. The topological polar surface area (TPSA) is 86.7 Å². The highest BCUT2D eigenvalue weighted by Gasteiger charge is 2.32. The lowest BCUT2D eigenvalue weighted by Gasteiger charge is -2.23. The Balaban J connectivity index is 1.75. The number of carboxylic acid groups (broad SMARTS) is 1. The summed E-state index contributed by atoms with van der Waals surface area (Å²) >= 11 is 1.14. The Kier molecular flexibility index (Phi) is 5.55. The van der Waals surface area contributed by atoms with Crippen LogP contribution in [-0.4, -0.2) is 40.4 Å². The Labute approximate surface area is 159 Å². The van der Waals surface area contributed by atoms with Gasteiger partial charge in [0.15, 0.2) is 0 Å². The van der Waals surface area contributed by atoms with Crippen molar-refractivity contribution in [1.29, 1.82) is 0 Å². The zero-order valence-corrected chi connectivity index (χ0v) is 15.5. The van der Waals surface area contributed by atoms with Gasteiger partial charge < -0.3 is 15.3 Å². The summed E-state index contributed by atoms with van der Waals surface area (Å²) in [7, 11) is 0. The van der Waals surface area contributed by atoms with Gasteiger partial charge in [0.1, 0.15) is 5.82 Å². The third-order valence-electron chi connectivity index (χ3n) is 4.48. The van der Waals surface area contributed by atoms with Gasteiger partial charge in [0.2, 0.25) is 0 Å². The molecule has 27 heavy (non-hydrogen) atoms. The maximum absolute atomic E-state index is 13.3. The van der Waals surface area contributed by atoms with E-state index in [1.807, 2.05) is 0 Å². The number of hydrogen-bond acceptors (Lipinski definition) is 4. The SMILES string of the molecule is Cc1cc(NC(=O)c2cccc(F)c2)sc1C(=O)N1CCCC1CC(=O)O. The van der Waals surface area contributed by atoms with Crippen LogP contribution in [0.15, 0.2) is 30.3 Å². The standard InChI is InChI=1S/C19H19FN2O4S/c1-11-8-15(21-18(25)12-4-2-5-13(20)9-12)27-17(11)19(26)22-7-3-6-14(22)10-16(23)24/h2,4-5,8-9,14H,3,6-7,10H2,1H3,(H,21,25)(H,23,24). The molecule has 0 saturated carbocycles. The van der Waals surface area contributed by atoms with Crippen LogP contribution >= 0.6 is 11.3 Å². The summed E-state index contributed by atoms with van der Waals surface area (Å²) in [4.78, 5) is 38.2. The average molecular weight is 390 g/mol. The number of anilines is 1. The molecule has 1 aliphatic rings. The molecule has 1 atom stereocenters. The zero-order chi connectivity index (χ0) is 19.6. The molecule has 1 fully saturated rings. The number of thiophene rings is 1. The normalized spacial score (nSPS) is 16.4. The number of rotatable bonds is 5. The van der Waals surface area contributed by atoms with Gasteiger partial charge >= 0.3 is 5.97 Å². The molecule has 2 heterocycles. The quantitative estimate of drug-likeness (QED) is 0.818. The first-order chi connectivity index (χ1) is 12.8. The Hall–Kier alpha value is -2.74. The van der Waals surface area contributed by atoms with Crippen molar-refractivity contribution in [1.82, 2.24) is 4.90 Å². The fourth-order valence-electron chi connectivity index (χ4n) is 3.22. The molecule has 3 rings (SSSR count). The number of carbonyl (C=O) groups excluding carboxylic acids is 2. The van der Waals surface area contributed by atoms with E-state index >= 15 is 0 Å². The van der Waals surface area contributed by atoms with Crippen molar-refractivity contribution in [2.45, 2.75) is 32.2 Å². The van der Waals surface area contributed by atoms with Crippen molar-refractivity contribution in [3.63, 3.8) is 0 Å². The molecule has 0 bridgehead atoms. The molecule has 0 radical (unpaired) electrons. The number of aliphatic carboxylic acids is 1. The molecular weight excluding hydrogens is 371 g/mol. The van der Waals surface area contributed by atoms with Crippen LogP contribution in [0.2, 0.25) is 0 Å². The summed E-state index contributed by atoms with van der Waals surface area (Å²) < 4.78 is 13.3. The van der Waals surface area contributed by atoms with Crippen LogP contribution in [0.3, 0.4) is 0 Å². The Bertz CT molecular complexity index is 896. The molecule has 2 amide bonds. The Morgan fingerprint density at radius 1 is 1.33 bits per heavy atom. The van der Waals surface area contributed by atoms with E-state index in [9.17, 15) is 18.8 Å². The fourth-order valence-corrected chi connectivity index (χ4v) is 4.24.